The summed E-state index contributed by atoms with van der Waals surface area (Å²) in [5.74, 6) is -1.17. The van der Waals surface area contributed by atoms with Gasteiger partial charge in [0, 0.05) is 35.4 Å². The molecule has 6 atom stereocenters. The first-order valence-electron chi connectivity index (χ1n) is 15.1. The first kappa shape index (κ1) is 30.2. The number of carbonyl (C=O) groups excluding carboxylic acids is 3. The Bertz CT molecular complexity index is 1280. The number of carbonyl (C=O) groups is 3. The second kappa shape index (κ2) is 12.6. The maximum absolute atomic E-state index is 14.2. The van der Waals surface area contributed by atoms with E-state index in [-0.39, 0.29) is 29.6 Å². The maximum atomic E-state index is 14.2. The van der Waals surface area contributed by atoms with E-state index in [4.69, 9.17) is 4.74 Å². The SMILES string of the molecule is CCOc1ccc(NC(=O)[C@@H]2[C@@H]3CCC4(S3)C(C(=O)Nc3ccc(N(CC)CC)cc3)N([C@@H](CC)CO)C(=O)[C@H]24)cc1. The Hall–Kier alpha value is -3.24. The highest BCUT2D eigenvalue weighted by Crippen LogP contribution is 2.66. The van der Waals surface area contributed by atoms with Gasteiger partial charge in [-0.2, -0.15) is 0 Å². The van der Waals surface area contributed by atoms with Crippen molar-refractivity contribution < 1.29 is 24.2 Å². The van der Waals surface area contributed by atoms with Gasteiger partial charge < -0.3 is 30.3 Å². The van der Waals surface area contributed by atoms with Crippen molar-refractivity contribution in [2.45, 2.75) is 69.0 Å². The highest BCUT2D eigenvalue weighted by atomic mass is 32.2. The lowest BCUT2D eigenvalue weighted by Gasteiger charge is -2.36. The summed E-state index contributed by atoms with van der Waals surface area (Å²) in [7, 11) is 0. The van der Waals surface area contributed by atoms with E-state index in [0.29, 0.717) is 30.8 Å². The number of rotatable bonds is 12. The number of hydrogen-bond donors (Lipinski definition) is 3. The molecule has 0 aromatic heterocycles. The zero-order valence-electron chi connectivity index (χ0n) is 24.8. The molecule has 3 saturated heterocycles. The van der Waals surface area contributed by atoms with Crippen LogP contribution in [-0.2, 0) is 14.4 Å². The molecule has 3 amide bonds. The number of ether oxygens (including phenoxy) is 1. The smallest absolute Gasteiger partial charge is 0.248 e. The lowest BCUT2D eigenvalue weighted by atomic mass is 9.70. The van der Waals surface area contributed by atoms with E-state index < -0.39 is 28.7 Å². The van der Waals surface area contributed by atoms with Crippen LogP contribution in [0.4, 0.5) is 17.1 Å². The van der Waals surface area contributed by atoms with Crippen molar-refractivity contribution >= 4 is 46.5 Å². The zero-order chi connectivity index (χ0) is 30.0. The average molecular weight is 595 g/mol. The van der Waals surface area contributed by atoms with Gasteiger partial charge in [0.1, 0.15) is 11.8 Å². The van der Waals surface area contributed by atoms with Crippen molar-refractivity contribution in [1.29, 1.82) is 0 Å². The first-order valence-corrected chi connectivity index (χ1v) is 16.0. The number of fused-ring (bicyclic) bond motifs is 1. The van der Waals surface area contributed by atoms with Gasteiger partial charge in [-0.25, -0.2) is 0 Å². The van der Waals surface area contributed by atoms with Crippen LogP contribution in [0.15, 0.2) is 48.5 Å². The number of anilines is 3. The number of benzene rings is 2. The predicted octanol–water partition coefficient (Wildman–Crippen LogP) is 4.37. The number of likely N-dealkylation sites (tertiary alicyclic amines) is 1. The number of thioether (sulfide) groups is 1. The summed E-state index contributed by atoms with van der Waals surface area (Å²) in [4.78, 5) is 45.8. The Balaban J connectivity index is 1.41. The second-order valence-corrected chi connectivity index (χ2v) is 12.8. The molecule has 5 rings (SSSR count). The van der Waals surface area contributed by atoms with E-state index in [9.17, 15) is 19.5 Å². The van der Waals surface area contributed by atoms with Crippen molar-refractivity contribution in [3.63, 3.8) is 0 Å². The Kier molecular flexibility index (Phi) is 9.03. The fourth-order valence-electron chi connectivity index (χ4n) is 7.08. The summed E-state index contributed by atoms with van der Waals surface area (Å²) in [5.41, 5.74) is 2.37. The van der Waals surface area contributed by atoms with Crippen LogP contribution >= 0.6 is 11.8 Å². The summed E-state index contributed by atoms with van der Waals surface area (Å²) >= 11 is 1.62. The number of hydrogen-bond acceptors (Lipinski definition) is 7. The van der Waals surface area contributed by atoms with Crippen molar-refractivity contribution in [2.75, 3.05) is 41.8 Å². The molecule has 0 aliphatic carbocycles. The summed E-state index contributed by atoms with van der Waals surface area (Å²) in [6.07, 6.45) is 1.93. The molecule has 3 aliphatic rings. The molecule has 2 aromatic carbocycles. The monoisotopic (exact) mass is 594 g/mol. The molecule has 9 nitrogen and oxygen atoms in total. The summed E-state index contributed by atoms with van der Waals surface area (Å²) in [6.45, 7) is 10.1. The molecule has 1 spiro atoms. The lowest BCUT2D eigenvalue weighted by Crippen LogP contribution is -2.54. The Morgan fingerprint density at radius 2 is 1.64 bits per heavy atom. The lowest BCUT2D eigenvalue weighted by molar-refractivity contribution is -0.141. The van der Waals surface area contributed by atoms with Crippen molar-refractivity contribution in [1.82, 2.24) is 4.90 Å². The van der Waals surface area contributed by atoms with Gasteiger partial charge in [0.05, 0.1) is 35.8 Å². The highest BCUT2D eigenvalue weighted by Gasteiger charge is 2.74. The molecule has 3 aliphatic heterocycles. The molecule has 0 saturated carbocycles. The average Bonchev–Trinajstić information content (AvgIpc) is 3.64. The zero-order valence-corrected chi connectivity index (χ0v) is 25.7. The highest BCUT2D eigenvalue weighted by molar-refractivity contribution is 8.02. The molecule has 3 fully saturated rings. The van der Waals surface area contributed by atoms with E-state index in [1.165, 1.54) is 0 Å². The molecule has 3 heterocycles. The van der Waals surface area contributed by atoms with Crippen molar-refractivity contribution in [3.8, 4) is 5.75 Å². The van der Waals surface area contributed by atoms with Gasteiger partial charge in [0.15, 0.2) is 0 Å². The normalized spacial score (nSPS) is 26.6. The molecule has 10 heteroatoms. The molecule has 42 heavy (non-hydrogen) atoms. The van der Waals surface area contributed by atoms with Gasteiger partial charge in [-0.1, -0.05) is 6.92 Å². The van der Waals surface area contributed by atoms with E-state index >= 15 is 0 Å². The van der Waals surface area contributed by atoms with Crippen LogP contribution < -0.4 is 20.3 Å². The minimum Gasteiger partial charge on any atom is -0.494 e. The summed E-state index contributed by atoms with van der Waals surface area (Å²) in [6, 6.07) is 13.7. The predicted molar refractivity (Wildman–Crippen MR) is 167 cm³/mol. The first-order chi connectivity index (χ1) is 20.3. The Morgan fingerprint density at radius 3 is 2.21 bits per heavy atom. The van der Waals surface area contributed by atoms with Crippen LogP contribution in [0.2, 0.25) is 0 Å². The maximum Gasteiger partial charge on any atom is 0.248 e. The van der Waals surface area contributed by atoms with Crippen LogP contribution in [0.1, 0.15) is 47.0 Å². The van der Waals surface area contributed by atoms with E-state index in [2.05, 4.69) is 29.4 Å². The fourth-order valence-corrected chi connectivity index (χ4v) is 9.29. The van der Waals surface area contributed by atoms with E-state index in [1.807, 2.05) is 38.1 Å². The van der Waals surface area contributed by atoms with Crippen LogP contribution in [0, 0.1) is 11.8 Å². The third kappa shape index (κ3) is 5.24. The molecule has 226 valence electrons. The molecule has 3 N–H and O–H groups in total. The van der Waals surface area contributed by atoms with Gasteiger partial charge >= 0.3 is 0 Å². The van der Waals surface area contributed by atoms with Crippen molar-refractivity contribution in [2.24, 2.45) is 11.8 Å². The minimum atomic E-state index is -0.784. The number of aliphatic hydroxyl groups is 1. The Labute approximate surface area is 252 Å². The molecule has 0 radical (unpaired) electrons. The topological polar surface area (TPSA) is 111 Å². The van der Waals surface area contributed by atoms with Gasteiger partial charge in [-0.3, -0.25) is 14.4 Å². The van der Waals surface area contributed by atoms with Crippen LogP contribution in [-0.4, -0.2) is 76.1 Å². The standard InChI is InChI=1S/C32H42N4O5S/c1-5-22(19-37)36-28(30(39)34-20-9-13-23(14-10-20)35(6-2)7-3)32-18-17-25(42-32)26(27(32)31(36)40)29(38)33-21-11-15-24(16-12-21)41-8-4/h9-16,22,25-28,37H,5-8,17-19H2,1-4H3,(H,33,38)(H,34,39)/t22-,25-,26+,27-,28?,32?/m0/s1. The molecule has 2 bridgehead atoms. The minimum absolute atomic E-state index is 0.0540. The van der Waals surface area contributed by atoms with Crippen LogP contribution in [0.25, 0.3) is 0 Å². The van der Waals surface area contributed by atoms with Gasteiger partial charge in [0.2, 0.25) is 17.7 Å². The number of nitrogens with one attached hydrogen (secondary N) is 2. The number of aliphatic hydroxyl groups excluding tert-OH is 1. The second-order valence-electron chi connectivity index (χ2n) is 11.2. The summed E-state index contributed by atoms with van der Waals surface area (Å²) in [5, 5.41) is 16.3. The fraction of sp³-hybridized carbons (Fsp3) is 0.531. The molecular weight excluding hydrogens is 552 g/mol. The van der Waals surface area contributed by atoms with Crippen LogP contribution in [0.3, 0.4) is 0 Å². The van der Waals surface area contributed by atoms with Crippen molar-refractivity contribution in [3.05, 3.63) is 48.5 Å². The third-order valence-electron chi connectivity index (χ3n) is 9.06. The van der Waals surface area contributed by atoms with E-state index in [0.717, 1.165) is 30.9 Å². The molecular formula is C32H42N4O5S. The number of nitrogens with zero attached hydrogens (tertiary/aromatic N) is 2. The molecule has 2 aromatic rings. The number of amides is 3. The quantitative estimate of drug-likeness (QED) is 0.335. The van der Waals surface area contributed by atoms with Gasteiger partial charge in [-0.15, -0.1) is 11.8 Å². The van der Waals surface area contributed by atoms with Gasteiger partial charge in [0.25, 0.3) is 0 Å². The van der Waals surface area contributed by atoms with E-state index in [1.54, 1.807) is 40.9 Å². The third-order valence-corrected chi connectivity index (χ3v) is 11.0. The van der Waals surface area contributed by atoms with Gasteiger partial charge in [-0.05, 0) is 88.6 Å². The molecule has 2 unspecified atom stereocenters. The largest absolute Gasteiger partial charge is 0.494 e. The Morgan fingerprint density at radius 1 is 1.02 bits per heavy atom. The summed E-state index contributed by atoms with van der Waals surface area (Å²) < 4.78 is 4.78. The van der Waals surface area contributed by atoms with Crippen LogP contribution in [0.5, 0.6) is 5.75 Å².